The lowest BCUT2D eigenvalue weighted by atomic mass is 9.85. The van der Waals surface area contributed by atoms with E-state index in [-0.39, 0.29) is 37.4 Å². The highest BCUT2D eigenvalue weighted by atomic mass is 19.4. The molecule has 0 bridgehead atoms. The molecule has 4 N–H and O–H groups in total. The summed E-state index contributed by atoms with van der Waals surface area (Å²) in [6.07, 6.45) is -4.02. The number of hydrogen-bond acceptors (Lipinski definition) is 6. The van der Waals surface area contributed by atoms with Gasteiger partial charge in [-0.15, -0.1) is 6.58 Å². The fourth-order valence-corrected chi connectivity index (χ4v) is 4.26. The molecular formula is C33H59F3N6O6. The quantitative estimate of drug-likeness (QED) is 0.131. The van der Waals surface area contributed by atoms with Crippen molar-refractivity contribution in [1.82, 2.24) is 31.1 Å². The molecule has 0 aromatic carbocycles. The summed E-state index contributed by atoms with van der Waals surface area (Å²) in [5, 5.41) is 9.34. The van der Waals surface area contributed by atoms with Gasteiger partial charge in [0.25, 0.3) is 5.91 Å². The first-order valence-corrected chi connectivity index (χ1v) is 16.1. The van der Waals surface area contributed by atoms with Crippen LogP contribution in [0.3, 0.4) is 0 Å². The minimum atomic E-state index is -4.46. The smallest absolute Gasteiger partial charge is 0.348 e. The number of urea groups is 1. The standard InChI is InChI=1S/C19H36N4O3.C10H13F3N2O3.C4H10/c1-12(2)14-9-13(3)23(11-14)17(25)16(19(4,5)6)21-18(26)20-10-15(24)22(7)8;1-2-5-14-9(18)8(17)7(15-6-16)3-4-10(11,12)13;1-4(2)3/h12-14,16H,9-11H2,1-8H3,(H2,20,21,26);2,6-7H,1,3-5H2,(H,14,18)(H,15,16);4H,1-3H3/t13-,14-,16?;;/m1../s1. The average molecular weight is 693 g/mol. The van der Waals surface area contributed by atoms with E-state index >= 15 is 0 Å². The van der Waals surface area contributed by atoms with Crippen molar-refractivity contribution in [1.29, 1.82) is 0 Å². The molecule has 15 heteroatoms. The molecule has 278 valence electrons. The summed E-state index contributed by atoms with van der Waals surface area (Å²) in [5.41, 5.74) is -0.435. The van der Waals surface area contributed by atoms with Crippen LogP contribution in [0.25, 0.3) is 0 Å². The zero-order chi connectivity index (χ0) is 38.0. The van der Waals surface area contributed by atoms with E-state index in [2.05, 4.69) is 64.1 Å². The monoisotopic (exact) mass is 692 g/mol. The average Bonchev–Trinajstić information content (AvgIpc) is 3.35. The number of likely N-dealkylation sites (tertiary alicyclic amines) is 1. The van der Waals surface area contributed by atoms with Crippen molar-refractivity contribution in [2.24, 2.45) is 23.2 Å². The first-order chi connectivity index (χ1) is 21.9. The van der Waals surface area contributed by atoms with E-state index in [9.17, 15) is 41.9 Å². The number of likely N-dealkylation sites (N-methyl/N-ethyl adjacent to an activating group) is 1. The van der Waals surface area contributed by atoms with Gasteiger partial charge in [0.15, 0.2) is 0 Å². The molecular weight excluding hydrogens is 633 g/mol. The Labute approximate surface area is 284 Å². The highest BCUT2D eigenvalue weighted by Gasteiger charge is 2.41. The van der Waals surface area contributed by atoms with Gasteiger partial charge in [0.1, 0.15) is 6.04 Å². The molecule has 1 aliphatic heterocycles. The topological polar surface area (TPSA) is 157 Å². The van der Waals surface area contributed by atoms with Gasteiger partial charge in [0.2, 0.25) is 24.0 Å². The van der Waals surface area contributed by atoms with E-state index in [0.29, 0.717) is 11.8 Å². The van der Waals surface area contributed by atoms with Crippen LogP contribution < -0.4 is 21.3 Å². The summed E-state index contributed by atoms with van der Waals surface area (Å²) in [4.78, 5) is 73.1. The van der Waals surface area contributed by atoms with Gasteiger partial charge in [0, 0.05) is 39.6 Å². The summed E-state index contributed by atoms with van der Waals surface area (Å²) in [6, 6.07) is -2.46. The zero-order valence-corrected chi connectivity index (χ0v) is 30.5. The van der Waals surface area contributed by atoms with Gasteiger partial charge in [-0.25, -0.2) is 4.79 Å². The predicted molar refractivity (Wildman–Crippen MR) is 180 cm³/mol. The third-order valence-electron chi connectivity index (χ3n) is 7.05. The van der Waals surface area contributed by atoms with Crippen molar-refractivity contribution >= 4 is 35.9 Å². The molecule has 0 saturated carbocycles. The van der Waals surface area contributed by atoms with Crippen LogP contribution in [0.5, 0.6) is 0 Å². The lowest BCUT2D eigenvalue weighted by molar-refractivity contribution is -0.144. The molecule has 1 fully saturated rings. The number of carbonyl (C=O) groups excluding carboxylic acids is 6. The Balaban J connectivity index is 0. The van der Waals surface area contributed by atoms with Crippen molar-refractivity contribution in [3.8, 4) is 0 Å². The highest BCUT2D eigenvalue weighted by Crippen LogP contribution is 2.31. The largest absolute Gasteiger partial charge is 0.389 e. The lowest BCUT2D eigenvalue weighted by Gasteiger charge is -2.35. The third kappa shape index (κ3) is 19.9. The number of ketones is 1. The number of hydrogen-bond donors (Lipinski definition) is 4. The summed E-state index contributed by atoms with van der Waals surface area (Å²) < 4.78 is 35.9. The molecule has 1 heterocycles. The molecule has 1 rings (SSSR count). The van der Waals surface area contributed by atoms with E-state index < -0.39 is 54.2 Å². The number of carbonyl (C=O) groups is 6. The van der Waals surface area contributed by atoms with Crippen LogP contribution in [0.15, 0.2) is 12.7 Å². The molecule has 0 aromatic rings. The van der Waals surface area contributed by atoms with Crippen molar-refractivity contribution in [3.05, 3.63) is 12.7 Å². The first kappa shape index (κ1) is 46.5. The van der Waals surface area contributed by atoms with Gasteiger partial charge in [-0.05, 0) is 42.9 Å². The lowest BCUT2D eigenvalue weighted by Crippen LogP contribution is -2.57. The predicted octanol–water partition coefficient (Wildman–Crippen LogP) is 3.66. The van der Waals surface area contributed by atoms with Crippen LogP contribution in [-0.2, 0) is 24.0 Å². The third-order valence-corrected chi connectivity index (χ3v) is 7.05. The van der Waals surface area contributed by atoms with E-state index in [1.807, 2.05) is 31.0 Å². The molecule has 1 aliphatic rings. The summed E-state index contributed by atoms with van der Waals surface area (Å²) >= 11 is 0. The second-order valence-corrected chi connectivity index (χ2v) is 14.1. The van der Waals surface area contributed by atoms with Crippen molar-refractivity contribution in [3.63, 3.8) is 0 Å². The Kier molecular flexibility index (Phi) is 21.4. The SMILES string of the molecule is C=CCNC(=O)C(=O)C(CCC(F)(F)F)NC=O.CC(C)C.CC(C)[C@@H]1C[C@@H](C)N(C(=O)C(NC(=O)NCC(=O)N(C)C)C(C)(C)C)C1. The second-order valence-electron chi connectivity index (χ2n) is 14.1. The maximum absolute atomic E-state index is 13.2. The van der Waals surface area contributed by atoms with Gasteiger partial charge in [-0.1, -0.05) is 61.5 Å². The molecule has 12 nitrogen and oxygen atoms in total. The van der Waals surface area contributed by atoms with E-state index in [1.54, 1.807) is 14.1 Å². The fourth-order valence-electron chi connectivity index (χ4n) is 4.26. The Morgan fingerprint density at radius 3 is 1.94 bits per heavy atom. The summed E-state index contributed by atoms with van der Waals surface area (Å²) in [7, 11) is 3.26. The minimum absolute atomic E-state index is 0.0116. The van der Waals surface area contributed by atoms with Crippen molar-refractivity contribution in [2.75, 3.05) is 33.7 Å². The number of amides is 6. The van der Waals surface area contributed by atoms with Crippen LogP contribution in [0, 0.1) is 23.2 Å². The normalized spacial score (nSPS) is 17.0. The van der Waals surface area contributed by atoms with Crippen LogP contribution in [0.2, 0.25) is 0 Å². The molecule has 6 amide bonds. The molecule has 0 radical (unpaired) electrons. The van der Waals surface area contributed by atoms with Crippen LogP contribution in [0.1, 0.15) is 81.6 Å². The van der Waals surface area contributed by atoms with E-state index in [4.69, 9.17) is 0 Å². The maximum Gasteiger partial charge on any atom is 0.389 e. The summed E-state index contributed by atoms with van der Waals surface area (Å²) in [6.45, 7) is 22.7. The zero-order valence-electron chi connectivity index (χ0n) is 30.5. The summed E-state index contributed by atoms with van der Waals surface area (Å²) in [5.74, 6) is -0.587. The molecule has 4 atom stereocenters. The number of Topliss-reactive ketones (excluding diaryl/α,β-unsaturated/α-hetero) is 1. The second kappa shape index (κ2) is 22.1. The number of alkyl halides is 3. The van der Waals surface area contributed by atoms with Crippen molar-refractivity contribution < 1.29 is 41.9 Å². The maximum atomic E-state index is 13.2. The number of halogens is 3. The van der Waals surface area contributed by atoms with Gasteiger partial charge in [-0.2, -0.15) is 13.2 Å². The Morgan fingerprint density at radius 2 is 1.54 bits per heavy atom. The first-order valence-electron chi connectivity index (χ1n) is 16.1. The van der Waals surface area contributed by atoms with Gasteiger partial charge < -0.3 is 31.1 Å². The van der Waals surface area contributed by atoms with Crippen molar-refractivity contribution in [2.45, 2.75) is 106 Å². The molecule has 0 spiro atoms. The van der Waals surface area contributed by atoms with Crippen LogP contribution in [0.4, 0.5) is 18.0 Å². The van der Waals surface area contributed by atoms with E-state index in [0.717, 1.165) is 18.9 Å². The highest BCUT2D eigenvalue weighted by molar-refractivity contribution is 6.38. The Morgan fingerprint density at radius 1 is 1.00 bits per heavy atom. The van der Waals surface area contributed by atoms with Crippen LogP contribution >= 0.6 is 0 Å². The van der Waals surface area contributed by atoms with Gasteiger partial charge >= 0.3 is 12.2 Å². The van der Waals surface area contributed by atoms with E-state index in [1.165, 1.54) is 11.0 Å². The van der Waals surface area contributed by atoms with Gasteiger partial charge in [0.05, 0.1) is 12.6 Å². The van der Waals surface area contributed by atoms with Crippen LogP contribution in [-0.4, -0.2) is 104 Å². The number of rotatable bonds is 13. The Bertz CT molecular complexity index is 1060. The fraction of sp³-hybridized carbons (Fsp3) is 0.758. The minimum Gasteiger partial charge on any atom is -0.348 e. The molecule has 2 unspecified atom stereocenters. The van der Waals surface area contributed by atoms with Gasteiger partial charge in [-0.3, -0.25) is 24.0 Å². The molecule has 0 aromatic heterocycles. The number of nitrogens with one attached hydrogen (secondary N) is 4. The molecule has 1 saturated heterocycles. The number of nitrogens with zero attached hydrogens (tertiary/aromatic N) is 2. The molecule has 0 aliphatic carbocycles. The Hall–Kier alpha value is -3.65. The molecule has 48 heavy (non-hydrogen) atoms.